The lowest BCUT2D eigenvalue weighted by molar-refractivity contribution is 0.0689. The fourth-order valence-corrected chi connectivity index (χ4v) is 1.32. The van der Waals surface area contributed by atoms with Gasteiger partial charge in [0.15, 0.2) is 5.69 Å². The molecule has 15 heavy (non-hydrogen) atoms. The van der Waals surface area contributed by atoms with Crippen LogP contribution >= 0.6 is 0 Å². The van der Waals surface area contributed by atoms with E-state index >= 15 is 0 Å². The normalized spacial score (nSPS) is 10.5. The van der Waals surface area contributed by atoms with Crippen molar-refractivity contribution in [1.82, 2.24) is 9.97 Å². The number of hydrogen-bond acceptors (Lipinski definition) is 3. The van der Waals surface area contributed by atoms with Crippen LogP contribution in [0.15, 0.2) is 18.2 Å². The minimum absolute atomic E-state index is 0.145. The molecule has 0 saturated carbocycles. The largest absolute Gasteiger partial charge is 0.476 e. The van der Waals surface area contributed by atoms with E-state index in [2.05, 4.69) is 9.97 Å². The molecule has 0 unspecified atom stereocenters. The lowest BCUT2D eigenvalue weighted by Gasteiger charge is -2.02. The molecule has 0 bridgehead atoms. The third-order valence-electron chi connectivity index (χ3n) is 2.00. The molecule has 1 aromatic carbocycles. The molecule has 0 aliphatic heterocycles. The first kappa shape index (κ1) is 9.51. The topological polar surface area (TPSA) is 63.1 Å². The number of aryl methyl sites for hydroxylation is 1. The molecule has 0 aliphatic carbocycles. The molecule has 0 atom stereocenters. The molecule has 0 amide bonds. The van der Waals surface area contributed by atoms with Crippen molar-refractivity contribution >= 4 is 17.0 Å². The summed E-state index contributed by atoms with van der Waals surface area (Å²) in [7, 11) is 0. The molecule has 0 radical (unpaired) electrons. The summed E-state index contributed by atoms with van der Waals surface area (Å²) in [6.45, 7) is 1.55. The van der Waals surface area contributed by atoms with Gasteiger partial charge in [0.05, 0.1) is 16.7 Å². The first-order chi connectivity index (χ1) is 7.08. The number of fused-ring (bicyclic) bond motifs is 1. The van der Waals surface area contributed by atoms with Crippen LogP contribution in [0.25, 0.3) is 11.0 Å². The number of carboxylic acids is 1. The van der Waals surface area contributed by atoms with Crippen LogP contribution in [0.5, 0.6) is 0 Å². The van der Waals surface area contributed by atoms with E-state index in [9.17, 15) is 9.18 Å². The maximum atomic E-state index is 12.9. The lowest BCUT2D eigenvalue weighted by Crippen LogP contribution is -2.05. The zero-order chi connectivity index (χ0) is 11.0. The Morgan fingerprint density at radius 2 is 2.07 bits per heavy atom. The summed E-state index contributed by atoms with van der Waals surface area (Å²) in [5.41, 5.74) is 0.909. The van der Waals surface area contributed by atoms with Gasteiger partial charge in [0.25, 0.3) is 0 Å². The van der Waals surface area contributed by atoms with Crippen molar-refractivity contribution in [3.8, 4) is 0 Å². The van der Waals surface area contributed by atoms with Gasteiger partial charge in [0.2, 0.25) is 0 Å². The molecule has 0 fully saturated rings. The molecule has 4 nitrogen and oxygen atoms in total. The second kappa shape index (κ2) is 3.27. The molecule has 1 aromatic heterocycles. The van der Waals surface area contributed by atoms with Gasteiger partial charge in [-0.15, -0.1) is 0 Å². The summed E-state index contributed by atoms with van der Waals surface area (Å²) < 4.78 is 12.9. The molecular formula is C10H7FN2O2. The lowest BCUT2D eigenvalue weighted by atomic mass is 10.2. The fourth-order valence-electron chi connectivity index (χ4n) is 1.32. The van der Waals surface area contributed by atoms with Crippen molar-refractivity contribution < 1.29 is 14.3 Å². The van der Waals surface area contributed by atoms with Gasteiger partial charge in [-0.05, 0) is 19.1 Å². The van der Waals surface area contributed by atoms with E-state index in [-0.39, 0.29) is 11.2 Å². The number of rotatable bonds is 1. The Kier molecular flexibility index (Phi) is 2.07. The Morgan fingerprint density at radius 3 is 2.73 bits per heavy atom. The fraction of sp³-hybridized carbons (Fsp3) is 0.100. The van der Waals surface area contributed by atoms with Crippen molar-refractivity contribution in [2.24, 2.45) is 0 Å². The van der Waals surface area contributed by atoms with E-state index < -0.39 is 11.8 Å². The molecular weight excluding hydrogens is 199 g/mol. The number of carbonyl (C=O) groups is 1. The summed E-state index contributed by atoms with van der Waals surface area (Å²) in [4.78, 5) is 18.6. The number of aromatic carboxylic acids is 1. The molecule has 76 valence electrons. The van der Waals surface area contributed by atoms with Crippen molar-refractivity contribution in [1.29, 1.82) is 0 Å². The van der Waals surface area contributed by atoms with Gasteiger partial charge in [0, 0.05) is 6.07 Å². The smallest absolute Gasteiger partial charge is 0.356 e. The highest BCUT2D eigenvalue weighted by Crippen LogP contribution is 2.13. The van der Waals surface area contributed by atoms with Crippen molar-refractivity contribution in [3.63, 3.8) is 0 Å². The van der Waals surface area contributed by atoms with Crippen LogP contribution in [-0.2, 0) is 0 Å². The predicted molar refractivity (Wildman–Crippen MR) is 51.2 cm³/mol. The summed E-state index contributed by atoms with van der Waals surface area (Å²) in [5.74, 6) is -1.62. The Balaban J connectivity index is 2.77. The number of benzene rings is 1. The Morgan fingerprint density at radius 1 is 1.33 bits per heavy atom. The molecule has 1 heterocycles. The zero-order valence-electron chi connectivity index (χ0n) is 7.86. The Bertz CT molecular complexity index is 554. The zero-order valence-corrected chi connectivity index (χ0v) is 7.86. The number of nitrogens with zero attached hydrogens (tertiary/aromatic N) is 2. The van der Waals surface area contributed by atoms with Gasteiger partial charge in [-0.3, -0.25) is 0 Å². The molecule has 1 N–H and O–H groups in total. The molecule has 2 rings (SSSR count). The molecule has 5 heteroatoms. The maximum absolute atomic E-state index is 12.9. The van der Waals surface area contributed by atoms with E-state index in [1.54, 1.807) is 6.92 Å². The van der Waals surface area contributed by atoms with Gasteiger partial charge in [0.1, 0.15) is 5.82 Å². The van der Waals surface area contributed by atoms with E-state index in [1.807, 2.05) is 0 Å². The predicted octanol–water partition coefficient (Wildman–Crippen LogP) is 1.78. The number of hydrogen-bond donors (Lipinski definition) is 1. The van der Waals surface area contributed by atoms with Crippen LogP contribution in [0, 0.1) is 12.7 Å². The third-order valence-corrected chi connectivity index (χ3v) is 2.00. The summed E-state index contributed by atoms with van der Waals surface area (Å²) in [6.07, 6.45) is 0. The SMILES string of the molecule is Cc1nc2ccc(F)cc2nc1C(=O)O. The summed E-state index contributed by atoms with van der Waals surface area (Å²) in [5, 5.41) is 8.80. The van der Waals surface area contributed by atoms with Gasteiger partial charge in [-0.1, -0.05) is 0 Å². The standard InChI is InChI=1S/C10H7FN2O2/c1-5-9(10(14)15)13-8-4-6(11)2-3-7(8)12-5/h2-4H,1H3,(H,14,15). The van der Waals surface area contributed by atoms with Crippen LogP contribution in [0.4, 0.5) is 4.39 Å². The summed E-state index contributed by atoms with van der Waals surface area (Å²) in [6, 6.07) is 3.89. The van der Waals surface area contributed by atoms with E-state index in [1.165, 1.54) is 12.1 Å². The monoisotopic (exact) mass is 206 g/mol. The minimum Gasteiger partial charge on any atom is -0.476 e. The second-order valence-corrected chi connectivity index (χ2v) is 3.10. The second-order valence-electron chi connectivity index (χ2n) is 3.10. The van der Waals surface area contributed by atoms with Crippen molar-refractivity contribution in [3.05, 3.63) is 35.4 Å². The van der Waals surface area contributed by atoms with Crippen LogP contribution in [0.2, 0.25) is 0 Å². The highest BCUT2D eigenvalue weighted by molar-refractivity contribution is 5.89. The van der Waals surface area contributed by atoms with E-state index in [0.29, 0.717) is 11.2 Å². The summed E-state index contributed by atoms with van der Waals surface area (Å²) >= 11 is 0. The Hall–Kier alpha value is -2.04. The van der Waals surface area contributed by atoms with Crippen molar-refractivity contribution in [2.45, 2.75) is 6.92 Å². The first-order valence-corrected chi connectivity index (χ1v) is 4.25. The van der Waals surface area contributed by atoms with Gasteiger partial charge < -0.3 is 5.11 Å². The van der Waals surface area contributed by atoms with Crippen molar-refractivity contribution in [2.75, 3.05) is 0 Å². The third kappa shape index (κ3) is 1.63. The highest BCUT2D eigenvalue weighted by Gasteiger charge is 2.11. The van der Waals surface area contributed by atoms with Gasteiger partial charge in [-0.25, -0.2) is 19.2 Å². The van der Waals surface area contributed by atoms with Gasteiger partial charge >= 0.3 is 5.97 Å². The highest BCUT2D eigenvalue weighted by atomic mass is 19.1. The van der Waals surface area contributed by atoms with Crippen LogP contribution in [0.1, 0.15) is 16.2 Å². The number of carboxylic acid groups (broad SMARTS) is 1. The quantitative estimate of drug-likeness (QED) is 0.772. The van der Waals surface area contributed by atoms with Gasteiger partial charge in [-0.2, -0.15) is 0 Å². The minimum atomic E-state index is -1.16. The molecule has 0 aliphatic rings. The number of aromatic nitrogens is 2. The van der Waals surface area contributed by atoms with E-state index in [0.717, 1.165) is 6.07 Å². The maximum Gasteiger partial charge on any atom is 0.356 e. The molecule has 0 spiro atoms. The molecule has 0 saturated heterocycles. The molecule has 2 aromatic rings. The first-order valence-electron chi connectivity index (χ1n) is 4.25. The van der Waals surface area contributed by atoms with Crippen LogP contribution in [-0.4, -0.2) is 21.0 Å². The number of halogens is 1. The average molecular weight is 206 g/mol. The van der Waals surface area contributed by atoms with Crippen LogP contribution in [0.3, 0.4) is 0 Å². The van der Waals surface area contributed by atoms with Crippen LogP contribution < -0.4 is 0 Å². The van der Waals surface area contributed by atoms with E-state index in [4.69, 9.17) is 5.11 Å². The average Bonchev–Trinajstić information content (AvgIpc) is 2.17. The Labute approximate surface area is 84.4 Å².